The molecule has 1 saturated heterocycles. The second-order valence-corrected chi connectivity index (χ2v) is 10.5. The van der Waals surface area contributed by atoms with Crippen LogP contribution in [0.3, 0.4) is 0 Å². The van der Waals surface area contributed by atoms with Gasteiger partial charge in [-0.15, -0.1) is 0 Å². The molecule has 0 spiro atoms. The third kappa shape index (κ3) is 5.39. The molecule has 2 atom stereocenters. The first-order chi connectivity index (χ1) is 14.7. The number of pyridine rings is 1. The van der Waals surface area contributed by atoms with E-state index in [0.29, 0.717) is 12.5 Å². The van der Waals surface area contributed by atoms with Crippen LogP contribution in [0.5, 0.6) is 5.75 Å². The molecule has 1 amide bonds. The molecule has 1 N–H and O–H groups in total. The van der Waals surface area contributed by atoms with E-state index in [1.54, 1.807) is 18.2 Å². The van der Waals surface area contributed by atoms with Crippen molar-refractivity contribution in [2.45, 2.75) is 62.6 Å². The number of piperidine rings is 1. The maximum Gasteiger partial charge on any atom is 0.272 e. The second kappa shape index (κ2) is 10.0. The molecule has 0 radical (unpaired) electrons. The second-order valence-electron chi connectivity index (χ2n) is 8.19. The zero-order chi connectivity index (χ0) is 22.6. The highest BCUT2D eigenvalue weighted by Gasteiger charge is 2.32. The molecule has 1 aliphatic heterocycles. The van der Waals surface area contributed by atoms with Gasteiger partial charge in [0.2, 0.25) is 0 Å². The maximum atomic E-state index is 13.3. The molecule has 0 aliphatic carbocycles. The van der Waals surface area contributed by atoms with Gasteiger partial charge in [-0.05, 0) is 49.4 Å². The average Bonchev–Trinajstić information content (AvgIpc) is 2.71. The zero-order valence-corrected chi connectivity index (χ0v) is 19.5. The molecule has 1 aromatic carbocycles. The van der Waals surface area contributed by atoms with E-state index in [4.69, 9.17) is 11.6 Å². The van der Waals surface area contributed by atoms with Crippen LogP contribution in [-0.2, 0) is 15.6 Å². The molecule has 2 heterocycles. The molecule has 0 saturated carbocycles. The number of likely N-dealkylation sites (tertiary alicyclic amines) is 1. The predicted molar refractivity (Wildman–Crippen MR) is 121 cm³/mol. The summed E-state index contributed by atoms with van der Waals surface area (Å²) in [6.07, 6.45) is 5.15. The van der Waals surface area contributed by atoms with Gasteiger partial charge in [0.1, 0.15) is 16.3 Å². The summed E-state index contributed by atoms with van der Waals surface area (Å²) in [5.41, 5.74) is 0.479. The van der Waals surface area contributed by atoms with E-state index in [1.807, 2.05) is 4.90 Å². The Hall–Kier alpha value is -2.12. The molecule has 6 nitrogen and oxygen atoms in total. The van der Waals surface area contributed by atoms with E-state index in [9.17, 15) is 18.3 Å². The molecule has 1 aromatic heterocycles. The quantitative estimate of drug-likeness (QED) is 0.633. The van der Waals surface area contributed by atoms with Gasteiger partial charge in [0, 0.05) is 12.6 Å². The molecule has 1 fully saturated rings. The smallest absolute Gasteiger partial charge is 0.272 e. The first-order valence-electron chi connectivity index (χ1n) is 10.7. The topological polar surface area (TPSA) is 87.6 Å². The molecule has 2 aromatic rings. The van der Waals surface area contributed by atoms with Crippen LogP contribution in [0, 0.1) is 5.92 Å². The van der Waals surface area contributed by atoms with E-state index in [0.717, 1.165) is 32.1 Å². The Morgan fingerprint density at radius 2 is 2.00 bits per heavy atom. The van der Waals surface area contributed by atoms with Gasteiger partial charge >= 0.3 is 0 Å². The number of hydrogen-bond acceptors (Lipinski definition) is 5. The summed E-state index contributed by atoms with van der Waals surface area (Å²) in [5.74, 6) is -0.592. The molecular weight excluding hydrogens is 436 g/mol. The average molecular weight is 465 g/mol. The van der Waals surface area contributed by atoms with Crippen molar-refractivity contribution in [2.24, 2.45) is 5.92 Å². The van der Waals surface area contributed by atoms with Crippen molar-refractivity contribution in [3.63, 3.8) is 0 Å². The maximum absolute atomic E-state index is 13.3. The molecule has 168 valence electrons. The van der Waals surface area contributed by atoms with Gasteiger partial charge in [-0.25, -0.2) is 13.4 Å². The van der Waals surface area contributed by atoms with Gasteiger partial charge < -0.3 is 10.0 Å². The number of carbonyl (C=O) groups excluding carboxylic acids is 1. The van der Waals surface area contributed by atoms with Crippen LogP contribution in [-0.4, -0.2) is 41.9 Å². The number of nitrogens with zero attached hydrogens (tertiary/aromatic N) is 2. The number of amides is 1. The molecular formula is C23H29ClN2O4S. The molecule has 3 rings (SSSR count). The number of carbonyl (C=O) groups is 1. The van der Waals surface area contributed by atoms with Crippen molar-refractivity contribution < 1.29 is 18.3 Å². The van der Waals surface area contributed by atoms with Crippen molar-refractivity contribution in [1.82, 2.24) is 9.88 Å². The number of unbranched alkanes of at least 4 members (excludes halogenated alkanes) is 1. The number of phenolic OH excluding ortho intramolecular Hbond substituents is 1. The van der Waals surface area contributed by atoms with Crippen LogP contribution in [0.2, 0.25) is 5.02 Å². The fourth-order valence-corrected chi connectivity index (χ4v) is 6.22. The highest BCUT2D eigenvalue weighted by atomic mass is 35.5. The summed E-state index contributed by atoms with van der Waals surface area (Å²) in [4.78, 5) is 19.2. The fourth-order valence-electron chi connectivity index (χ4n) is 4.25. The molecule has 31 heavy (non-hydrogen) atoms. The predicted octanol–water partition coefficient (Wildman–Crippen LogP) is 4.85. The van der Waals surface area contributed by atoms with Gasteiger partial charge in [-0.3, -0.25) is 4.79 Å². The van der Waals surface area contributed by atoms with Crippen LogP contribution < -0.4 is 0 Å². The first-order valence-corrected chi connectivity index (χ1v) is 12.7. The monoisotopic (exact) mass is 464 g/mol. The molecule has 2 unspecified atom stereocenters. The Morgan fingerprint density at radius 3 is 2.71 bits per heavy atom. The van der Waals surface area contributed by atoms with E-state index in [-0.39, 0.29) is 33.3 Å². The Bertz CT molecular complexity index is 1020. The number of rotatable bonds is 7. The van der Waals surface area contributed by atoms with Crippen molar-refractivity contribution >= 4 is 27.3 Å². The lowest BCUT2D eigenvalue weighted by Gasteiger charge is -2.40. The summed E-state index contributed by atoms with van der Waals surface area (Å²) in [6, 6.07) is 9.18. The summed E-state index contributed by atoms with van der Waals surface area (Å²) >= 11 is 6.01. The van der Waals surface area contributed by atoms with Crippen LogP contribution in [0.4, 0.5) is 0 Å². The summed E-state index contributed by atoms with van der Waals surface area (Å²) < 4.78 is 25.7. The van der Waals surface area contributed by atoms with E-state index >= 15 is 0 Å². The molecule has 8 heteroatoms. The number of aromatic nitrogens is 1. The lowest BCUT2D eigenvalue weighted by Crippen LogP contribution is -2.48. The highest BCUT2D eigenvalue weighted by molar-refractivity contribution is 7.90. The van der Waals surface area contributed by atoms with Crippen molar-refractivity contribution in [3.05, 3.63) is 52.8 Å². The van der Waals surface area contributed by atoms with Crippen LogP contribution in [0.15, 0.2) is 41.3 Å². The lowest BCUT2D eigenvalue weighted by atomic mass is 9.87. The normalized spacial score (nSPS) is 19.4. The van der Waals surface area contributed by atoms with Crippen molar-refractivity contribution in [1.29, 1.82) is 0 Å². The standard InChI is InChI=1S/C23H29ClN2O4S/c1-3-4-12-20-16(2)8-7-14-26(20)23(28)19-11-5-9-17(25-19)15-31(29,30)22-18(24)10-6-13-21(22)27/h5-6,9-11,13,16,20,27H,3-4,7-8,12,14-15H2,1-2H3. The van der Waals surface area contributed by atoms with E-state index in [1.165, 1.54) is 18.2 Å². The Balaban J connectivity index is 1.85. The lowest BCUT2D eigenvalue weighted by molar-refractivity contribution is 0.0488. The fraction of sp³-hybridized carbons (Fsp3) is 0.478. The first kappa shape index (κ1) is 23.5. The summed E-state index contributed by atoms with van der Waals surface area (Å²) in [7, 11) is -3.94. The van der Waals surface area contributed by atoms with Gasteiger partial charge in [-0.1, -0.05) is 50.4 Å². The number of halogens is 1. The summed E-state index contributed by atoms with van der Waals surface area (Å²) in [6.45, 7) is 5.02. The number of hydrogen-bond donors (Lipinski definition) is 1. The van der Waals surface area contributed by atoms with E-state index < -0.39 is 21.3 Å². The van der Waals surface area contributed by atoms with Crippen molar-refractivity contribution in [2.75, 3.05) is 6.54 Å². The van der Waals surface area contributed by atoms with Crippen LogP contribution in [0.1, 0.15) is 62.1 Å². The largest absolute Gasteiger partial charge is 0.507 e. The number of phenols is 1. The SMILES string of the molecule is CCCCC1C(C)CCCN1C(=O)c1cccc(CS(=O)(=O)c2c(O)cccc2Cl)n1. The molecule has 0 bridgehead atoms. The van der Waals surface area contributed by atoms with Gasteiger partial charge in [0.25, 0.3) is 5.91 Å². The Morgan fingerprint density at radius 1 is 1.26 bits per heavy atom. The van der Waals surface area contributed by atoms with Crippen LogP contribution in [0.25, 0.3) is 0 Å². The van der Waals surface area contributed by atoms with Crippen LogP contribution >= 0.6 is 11.6 Å². The van der Waals surface area contributed by atoms with Gasteiger partial charge in [-0.2, -0.15) is 0 Å². The van der Waals surface area contributed by atoms with Crippen molar-refractivity contribution in [3.8, 4) is 5.75 Å². The minimum Gasteiger partial charge on any atom is -0.507 e. The summed E-state index contributed by atoms with van der Waals surface area (Å²) in [5, 5.41) is 9.95. The third-order valence-electron chi connectivity index (χ3n) is 5.85. The van der Waals surface area contributed by atoms with Gasteiger partial charge in [0.05, 0.1) is 16.5 Å². The van der Waals surface area contributed by atoms with Gasteiger partial charge in [0.15, 0.2) is 9.84 Å². The zero-order valence-electron chi connectivity index (χ0n) is 17.9. The molecule has 1 aliphatic rings. The number of sulfone groups is 1. The number of benzene rings is 1. The Kier molecular flexibility index (Phi) is 7.59. The van der Waals surface area contributed by atoms with E-state index in [2.05, 4.69) is 18.8 Å². The number of aromatic hydroxyl groups is 1. The minimum atomic E-state index is -3.94. The highest BCUT2D eigenvalue weighted by Crippen LogP contribution is 2.32. The Labute approximate surface area is 189 Å². The third-order valence-corrected chi connectivity index (χ3v) is 8.00. The minimum absolute atomic E-state index is 0.0479.